The molecule has 0 aliphatic rings. The minimum absolute atomic E-state index is 0.00635. The van der Waals surface area contributed by atoms with Gasteiger partial charge in [0.1, 0.15) is 6.04 Å². The second-order valence-corrected chi connectivity index (χ2v) is 5.50. The Labute approximate surface area is 132 Å². The standard InChI is InChI=1S/C15H29N3O4/c1-5-18(6-2)10-9-16-12(19)7-8-13(20)17-14(11(3)4)15(21)22/h11,14H,5-10H2,1-4H3,(H,16,19)(H,17,20)(H,21,22). The smallest absolute Gasteiger partial charge is 0.326 e. The molecule has 7 nitrogen and oxygen atoms in total. The van der Waals surface area contributed by atoms with E-state index in [9.17, 15) is 14.4 Å². The van der Waals surface area contributed by atoms with E-state index in [4.69, 9.17) is 5.11 Å². The van der Waals surface area contributed by atoms with Crippen molar-refractivity contribution < 1.29 is 19.5 Å². The summed E-state index contributed by atoms with van der Waals surface area (Å²) in [7, 11) is 0. The zero-order valence-electron chi connectivity index (χ0n) is 14.0. The number of aliphatic carboxylic acids is 1. The van der Waals surface area contributed by atoms with E-state index in [0.29, 0.717) is 6.54 Å². The van der Waals surface area contributed by atoms with Gasteiger partial charge >= 0.3 is 5.97 Å². The molecule has 0 radical (unpaired) electrons. The van der Waals surface area contributed by atoms with Crippen molar-refractivity contribution in [2.45, 2.75) is 46.6 Å². The molecule has 0 spiro atoms. The largest absolute Gasteiger partial charge is 0.480 e. The van der Waals surface area contributed by atoms with Gasteiger partial charge in [0, 0.05) is 25.9 Å². The Morgan fingerprint density at radius 2 is 1.59 bits per heavy atom. The molecule has 7 heteroatoms. The number of carboxylic acids is 1. The highest BCUT2D eigenvalue weighted by molar-refractivity contribution is 5.87. The van der Waals surface area contributed by atoms with Gasteiger partial charge in [-0.25, -0.2) is 4.79 Å². The maximum atomic E-state index is 11.7. The summed E-state index contributed by atoms with van der Waals surface area (Å²) in [6.07, 6.45) is 0.0577. The summed E-state index contributed by atoms with van der Waals surface area (Å²) in [6.45, 7) is 10.7. The van der Waals surface area contributed by atoms with Crippen LogP contribution in [0.5, 0.6) is 0 Å². The fourth-order valence-corrected chi connectivity index (χ4v) is 1.97. The van der Waals surface area contributed by atoms with Gasteiger partial charge < -0.3 is 20.6 Å². The molecule has 3 N–H and O–H groups in total. The van der Waals surface area contributed by atoms with E-state index in [1.54, 1.807) is 13.8 Å². The van der Waals surface area contributed by atoms with Crippen molar-refractivity contribution in [3.05, 3.63) is 0 Å². The lowest BCUT2D eigenvalue weighted by Crippen LogP contribution is -2.44. The molecule has 1 unspecified atom stereocenters. The minimum Gasteiger partial charge on any atom is -0.480 e. The van der Waals surface area contributed by atoms with Crippen molar-refractivity contribution in [1.82, 2.24) is 15.5 Å². The molecule has 0 aliphatic heterocycles. The first-order valence-electron chi connectivity index (χ1n) is 7.82. The van der Waals surface area contributed by atoms with Crippen LogP contribution in [-0.2, 0) is 14.4 Å². The maximum absolute atomic E-state index is 11.7. The number of nitrogens with one attached hydrogen (secondary N) is 2. The number of amides is 2. The monoisotopic (exact) mass is 315 g/mol. The summed E-state index contributed by atoms with van der Waals surface area (Å²) in [5.41, 5.74) is 0. The predicted octanol–water partition coefficient (Wildman–Crippen LogP) is 0.450. The Balaban J connectivity index is 3.99. The van der Waals surface area contributed by atoms with E-state index in [-0.39, 0.29) is 24.7 Å². The summed E-state index contributed by atoms with van der Waals surface area (Å²) in [5, 5.41) is 14.2. The highest BCUT2D eigenvalue weighted by Gasteiger charge is 2.23. The fraction of sp³-hybridized carbons (Fsp3) is 0.800. The number of carbonyl (C=O) groups is 3. The van der Waals surface area contributed by atoms with Gasteiger partial charge in [-0.2, -0.15) is 0 Å². The molecule has 0 rings (SSSR count). The first kappa shape index (κ1) is 20.4. The molecule has 0 aliphatic carbocycles. The van der Waals surface area contributed by atoms with Crippen LogP contribution >= 0.6 is 0 Å². The van der Waals surface area contributed by atoms with E-state index in [1.807, 2.05) is 0 Å². The Kier molecular flexibility index (Phi) is 10.2. The topological polar surface area (TPSA) is 98.7 Å². The van der Waals surface area contributed by atoms with Gasteiger partial charge in [-0.3, -0.25) is 9.59 Å². The Morgan fingerprint density at radius 1 is 1.05 bits per heavy atom. The molecule has 0 aromatic rings. The van der Waals surface area contributed by atoms with Crippen molar-refractivity contribution in [3.8, 4) is 0 Å². The molecule has 2 amide bonds. The second kappa shape index (κ2) is 11.0. The second-order valence-electron chi connectivity index (χ2n) is 5.50. The van der Waals surface area contributed by atoms with Crippen LogP contribution in [0.4, 0.5) is 0 Å². The Hall–Kier alpha value is -1.63. The zero-order valence-corrected chi connectivity index (χ0v) is 14.0. The highest BCUT2D eigenvalue weighted by Crippen LogP contribution is 2.02. The van der Waals surface area contributed by atoms with E-state index < -0.39 is 17.9 Å². The Bertz CT molecular complexity index is 368. The lowest BCUT2D eigenvalue weighted by molar-refractivity contribution is -0.143. The van der Waals surface area contributed by atoms with Gasteiger partial charge in [0.15, 0.2) is 0 Å². The number of hydrogen-bond donors (Lipinski definition) is 3. The van der Waals surface area contributed by atoms with Gasteiger partial charge in [0.05, 0.1) is 0 Å². The van der Waals surface area contributed by atoms with Crippen LogP contribution in [0.3, 0.4) is 0 Å². The first-order chi connectivity index (χ1) is 10.3. The molecule has 128 valence electrons. The number of rotatable bonds is 11. The molecule has 0 aromatic carbocycles. The van der Waals surface area contributed by atoms with Crippen molar-refractivity contribution in [2.24, 2.45) is 5.92 Å². The van der Waals surface area contributed by atoms with Crippen LogP contribution in [-0.4, -0.2) is 60.0 Å². The van der Waals surface area contributed by atoms with Crippen LogP contribution in [0.15, 0.2) is 0 Å². The minimum atomic E-state index is -1.06. The van der Waals surface area contributed by atoms with E-state index in [1.165, 1.54) is 0 Å². The summed E-state index contributed by atoms with van der Waals surface area (Å²) >= 11 is 0. The van der Waals surface area contributed by atoms with Crippen molar-refractivity contribution in [2.75, 3.05) is 26.2 Å². The predicted molar refractivity (Wildman–Crippen MR) is 84.4 cm³/mol. The third-order valence-corrected chi connectivity index (χ3v) is 3.47. The third kappa shape index (κ3) is 8.61. The van der Waals surface area contributed by atoms with E-state index in [0.717, 1.165) is 19.6 Å². The van der Waals surface area contributed by atoms with Crippen LogP contribution in [0.2, 0.25) is 0 Å². The van der Waals surface area contributed by atoms with Crippen LogP contribution in [0, 0.1) is 5.92 Å². The SMILES string of the molecule is CCN(CC)CCNC(=O)CCC(=O)NC(C(=O)O)C(C)C. The van der Waals surface area contributed by atoms with Gasteiger partial charge in [0.2, 0.25) is 11.8 Å². The molecule has 0 saturated carbocycles. The van der Waals surface area contributed by atoms with Crippen LogP contribution < -0.4 is 10.6 Å². The van der Waals surface area contributed by atoms with Crippen LogP contribution in [0.1, 0.15) is 40.5 Å². The normalized spacial score (nSPS) is 12.3. The molecule has 22 heavy (non-hydrogen) atoms. The number of carbonyl (C=O) groups excluding carboxylic acids is 2. The highest BCUT2D eigenvalue weighted by atomic mass is 16.4. The maximum Gasteiger partial charge on any atom is 0.326 e. The van der Waals surface area contributed by atoms with Gasteiger partial charge in [-0.15, -0.1) is 0 Å². The van der Waals surface area contributed by atoms with Crippen molar-refractivity contribution >= 4 is 17.8 Å². The lowest BCUT2D eigenvalue weighted by atomic mass is 10.0. The van der Waals surface area contributed by atoms with Gasteiger partial charge in [0.25, 0.3) is 0 Å². The molecule has 0 aromatic heterocycles. The molecular formula is C15H29N3O4. The number of nitrogens with zero attached hydrogens (tertiary/aromatic N) is 1. The average Bonchev–Trinajstić information content (AvgIpc) is 2.46. The summed E-state index contributed by atoms with van der Waals surface area (Å²) < 4.78 is 0. The first-order valence-corrected chi connectivity index (χ1v) is 7.82. The molecule has 1 atom stereocenters. The Morgan fingerprint density at radius 3 is 2.05 bits per heavy atom. The molecule has 0 bridgehead atoms. The average molecular weight is 315 g/mol. The molecule has 0 fully saturated rings. The quantitative estimate of drug-likeness (QED) is 0.514. The number of carboxylic acid groups (broad SMARTS) is 1. The molecule has 0 heterocycles. The summed E-state index contributed by atoms with van der Waals surface area (Å²) in [4.78, 5) is 36.5. The lowest BCUT2D eigenvalue weighted by Gasteiger charge is -2.18. The van der Waals surface area contributed by atoms with Crippen molar-refractivity contribution in [1.29, 1.82) is 0 Å². The zero-order chi connectivity index (χ0) is 17.1. The molecule has 0 saturated heterocycles. The summed E-state index contributed by atoms with van der Waals surface area (Å²) in [5.74, 6) is -1.88. The van der Waals surface area contributed by atoms with Gasteiger partial charge in [-0.05, 0) is 19.0 Å². The number of hydrogen-bond acceptors (Lipinski definition) is 4. The third-order valence-electron chi connectivity index (χ3n) is 3.47. The van der Waals surface area contributed by atoms with E-state index in [2.05, 4.69) is 29.4 Å². The summed E-state index contributed by atoms with van der Waals surface area (Å²) in [6, 6.07) is -0.918. The number of likely N-dealkylation sites (N-methyl/N-ethyl adjacent to an activating group) is 1. The fourth-order valence-electron chi connectivity index (χ4n) is 1.97. The van der Waals surface area contributed by atoms with Crippen molar-refractivity contribution in [3.63, 3.8) is 0 Å². The van der Waals surface area contributed by atoms with E-state index >= 15 is 0 Å². The van der Waals surface area contributed by atoms with Crippen LogP contribution in [0.25, 0.3) is 0 Å². The molecular weight excluding hydrogens is 286 g/mol. The van der Waals surface area contributed by atoms with Gasteiger partial charge in [-0.1, -0.05) is 27.7 Å².